The van der Waals surface area contributed by atoms with E-state index in [2.05, 4.69) is 26.2 Å². The fourth-order valence-electron chi connectivity index (χ4n) is 1.28. The molecule has 88 valence electrons. The van der Waals surface area contributed by atoms with Crippen LogP contribution in [0.3, 0.4) is 0 Å². The standard InChI is InChI=1S/C11H8BrFN2OS/c1-6-10(17-5-14-6)11(16)15-7-2-3-9(13)8(12)4-7/h2-5H,1H3,(H,15,16). The lowest BCUT2D eigenvalue weighted by molar-refractivity contribution is 0.103. The fourth-order valence-corrected chi connectivity index (χ4v) is 2.36. The topological polar surface area (TPSA) is 42.0 Å². The first-order valence-corrected chi connectivity index (χ1v) is 6.41. The monoisotopic (exact) mass is 314 g/mol. The van der Waals surface area contributed by atoms with Crippen molar-refractivity contribution in [1.82, 2.24) is 4.98 Å². The van der Waals surface area contributed by atoms with Crippen LogP contribution in [0.5, 0.6) is 0 Å². The molecule has 0 fully saturated rings. The second-order valence-corrected chi connectivity index (χ2v) is 5.06. The van der Waals surface area contributed by atoms with E-state index in [4.69, 9.17) is 0 Å². The number of hydrogen-bond donors (Lipinski definition) is 1. The minimum absolute atomic E-state index is 0.233. The summed E-state index contributed by atoms with van der Waals surface area (Å²) in [6.07, 6.45) is 0. The Morgan fingerprint density at radius 1 is 1.53 bits per heavy atom. The molecule has 1 aromatic heterocycles. The maximum atomic E-state index is 13.0. The summed E-state index contributed by atoms with van der Waals surface area (Å²) < 4.78 is 13.3. The highest BCUT2D eigenvalue weighted by Gasteiger charge is 2.12. The average Bonchev–Trinajstić information content (AvgIpc) is 2.70. The number of benzene rings is 1. The number of hydrogen-bond acceptors (Lipinski definition) is 3. The van der Waals surface area contributed by atoms with Crippen LogP contribution in [0.1, 0.15) is 15.4 Å². The summed E-state index contributed by atoms with van der Waals surface area (Å²) in [5, 5.41) is 2.69. The first-order chi connectivity index (χ1) is 8.08. The summed E-state index contributed by atoms with van der Waals surface area (Å²) >= 11 is 4.34. The van der Waals surface area contributed by atoms with Gasteiger partial charge in [0.25, 0.3) is 5.91 Å². The molecule has 0 radical (unpaired) electrons. The molecule has 1 aromatic carbocycles. The first kappa shape index (κ1) is 12.2. The highest BCUT2D eigenvalue weighted by atomic mass is 79.9. The molecule has 0 spiro atoms. The molecule has 0 bridgehead atoms. The molecule has 0 saturated heterocycles. The molecular weight excluding hydrogens is 307 g/mol. The van der Waals surface area contributed by atoms with E-state index in [1.54, 1.807) is 12.4 Å². The van der Waals surface area contributed by atoms with Gasteiger partial charge in [-0.25, -0.2) is 9.37 Å². The maximum Gasteiger partial charge on any atom is 0.267 e. The Bertz CT molecular complexity index is 570. The van der Waals surface area contributed by atoms with Gasteiger partial charge in [-0.15, -0.1) is 11.3 Å². The van der Waals surface area contributed by atoms with E-state index in [-0.39, 0.29) is 11.7 Å². The number of carbonyl (C=O) groups is 1. The minimum atomic E-state index is -0.364. The van der Waals surface area contributed by atoms with Crippen molar-refractivity contribution in [1.29, 1.82) is 0 Å². The third-order valence-corrected chi connectivity index (χ3v) is 3.66. The molecule has 0 atom stereocenters. The van der Waals surface area contributed by atoms with Gasteiger partial charge in [0.15, 0.2) is 0 Å². The molecule has 1 heterocycles. The van der Waals surface area contributed by atoms with Gasteiger partial charge in [-0.2, -0.15) is 0 Å². The van der Waals surface area contributed by atoms with Crippen LogP contribution in [0.15, 0.2) is 28.2 Å². The van der Waals surface area contributed by atoms with Gasteiger partial charge >= 0.3 is 0 Å². The summed E-state index contributed by atoms with van der Waals surface area (Å²) in [5.41, 5.74) is 2.84. The van der Waals surface area contributed by atoms with Crippen molar-refractivity contribution in [2.75, 3.05) is 5.32 Å². The van der Waals surface area contributed by atoms with Gasteiger partial charge in [0, 0.05) is 5.69 Å². The predicted octanol–water partition coefficient (Wildman–Crippen LogP) is 3.61. The zero-order valence-corrected chi connectivity index (χ0v) is 11.2. The van der Waals surface area contributed by atoms with E-state index in [0.717, 1.165) is 0 Å². The summed E-state index contributed by atoms with van der Waals surface area (Å²) in [6, 6.07) is 4.32. The van der Waals surface area contributed by atoms with Crippen LogP contribution in [0.2, 0.25) is 0 Å². The number of thiazole rings is 1. The Labute approximate surface area is 110 Å². The van der Waals surface area contributed by atoms with E-state index in [1.165, 1.54) is 29.5 Å². The van der Waals surface area contributed by atoms with Crippen molar-refractivity contribution in [2.24, 2.45) is 0 Å². The molecule has 1 N–H and O–H groups in total. The molecule has 2 aromatic rings. The quantitative estimate of drug-likeness (QED) is 0.920. The lowest BCUT2D eigenvalue weighted by atomic mass is 10.3. The number of halogens is 2. The molecular formula is C11H8BrFN2OS. The highest BCUT2D eigenvalue weighted by Crippen LogP contribution is 2.21. The van der Waals surface area contributed by atoms with Gasteiger partial charge in [-0.1, -0.05) is 0 Å². The zero-order valence-electron chi connectivity index (χ0n) is 8.83. The largest absolute Gasteiger partial charge is 0.321 e. The fraction of sp³-hybridized carbons (Fsp3) is 0.0909. The van der Waals surface area contributed by atoms with Gasteiger partial charge in [0.1, 0.15) is 10.7 Å². The summed E-state index contributed by atoms with van der Waals surface area (Å²) in [5.74, 6) is -0.597. The van der Waals surface area contributed by atoms with Gasteiger partial charge in [0.05, 0.1) is 15.7 Å². The Morgan fingerprint density at radius 2 is 2.29 bits per heavy atom. The van der Waals surface area contributed by atoms with Crippen LogP contribution in [-0.4, -0.2) is 10.9 Å². The zero-order chi connectivity index (χ0) is 12.4. The molecule has 3 nitrogen and oxygen atoms in total. The van der Waals surface area contributed by atoms with Crippen LogP contribution in [-0.2, 0) is 0 Å². The Morgan fingerprint density at radius 3 is 2.88 bits per heavy atom. The SMILES string of the molecule is Cc1ncsc1C(=O)Nc1ccc(F)c(Br)c1. The number of rotatable bonds is 2. The second kappa shape index (κ2) is 4.93. The first-order valence-electron chi connectivity index (χ1n) is 4.74. The van der Waals surface area contributed by atoms with E-state index in [1.807, 2.05) is 0 Å². The average molecular weight is 315 g/mol. The van der Waals surface area contributed by atoms with Crippen molar-refractivity contribution >= 4 is 38.9 Å². The van der Waals surface area contributed by atoms with E-state index in [0.29, 0.717) is 20.7 Å². The molecule has 0 saturated carbocycles. The number of amides is 1. The molecule has 6 heteroatoms. The normalized spacial score (nSPS) is 10.3. The van der Waals surface area contributed by atoms with Crippen LogP contribution in [0.25, 0.3) is 0 Å². The molecule has 17 heavy (non-hydrogen) atoms. The number of aromatic nitrogens is 1. The Hall–Kier alpha value is -1.27. The van der Waals surface area contributed by atoms with Crippen LogP contribution >= 0.6 is 27.3 Å². The lowest BCUT2D eigenvalue weighted by Gasteiger charge is -2.04. The molecule has 0 aliphatic heterocycles. The van der Waals surface area contributed by atoms with Gasteiger partial charge < -0.3 is 5.32 Å². The molecule has 0 aliphatic carbocycles. The highest BCUT2D eigenvalue weighted by molar-refractivity contribution is 9.10. The van der Waals surface area contributed by atoms with Crippen LogP contribution in [0, 0.1) is 12.7 Å². The summed E-state index contributed by atoms with van der Waals surface area (Å²) in [7, 11) is 0. The minimum Gasteiger partial charge on any atom is -0.321 e. The maximum absolute atomic E-state index is 13.0. The van der Waals surface area contributed by atoms with Gasteiger partial charge in [-0.05, 0) is 41.1 Å². The molecule has 1 amide bonds. The van der Waals surface area contributed by atoms with E-state index >= 15 is 0 Å². The predicted molar refractivity (Wildman–Crippen MR) is 68.9 cm³/mol. The Kier molecular flexibility index (Phi) is 3.54. The van der Waals surface area contributed by atoms with Crippen molar-refractivity contribution in [2.45, 2.75) is 6.92 Å². The number of nitrogens with zero attached hydrogens (tertiary/aromatic N) is 1. The van der Waals surface area contributed by atoms with Gasteiger partial charge in [0.2, 0.25) is 0 Å². The third-order valence-electron chi connectivity index (χ3n) is 2.13. The van der Waals surface area contributed by atoms with Crippen LogP contribution in [0.4, 0.5) is 10.1 Å². The Balaban J connectivity index is 2.19. The molecule has 0 unspecified atom stereocenters. The van der Waals surface area contributed by atoms with Crippen molar-refractivity contribution < 1.29 is 9.18 Å². The van der Waals surface area contributed by atoms with Gasteiger partial charge in [-0.3, -0.25) is 4.79 Å². The summed E-state index contributed by atoms with van der Waals surface area (Å²) in [6.45, 7) is 1.77. The molecule has 0 aliphatic rings. The van der Waals surface area contributed by atoms with E-state index < -0.39 is 0 Å². The number of aryl methyl sites for hydroxylation is 1. The van der Waals surface area contributed by atoms with Crippen LogP contribution < -0.4 is 5.32 Å². The number of carbonyl (C=O) groups excluding carboxylic acids is 1. The smallest absolute Gasteiger partial charge is 0.267 e. The van der Waals surface area contributed by atoms with Crippen molar-refractivity contribution in [3.63, 3.8) is 0 Å². The third kappa shape index (κ3) is 2.70. The van der Waals surface area contributed by atoms with E-state index in [9.17, 15) is 9.18 Å². The summed E-state index contributed by atoms with van der Waals surface area (Å²) in [4.78, 5) is 16.4. The van der Waals surface area contributed by atoms with Crippen molar-refractivity contribution in [3.8, 4) is 0 Å². The second-order valence-electron chi connectivity index (χ2n) is 3.35. The number of nitrogens with one attached hydrogen (secondary N) is 1. The number of anilines is 1. The van der Waals surface area contributed by atoms with Crippen molar-refractivity contribution in [3.05, 3.63) is 44.6 Å². The molecule has 2 rings (SSSR count). The lowest BCUT2D eigenvalue weighted by Crippen LogP contribution is -2.11.